The van der Waals surface area contributed by atoms with Gasteiger partial charge in [-0.1, -0.05) is 6.07 Å². The molecule has 0 atom stereocenters. The Labute approximate surface area is 195 Å². The molecule has 1 aliphatic heterocycles. The molecule has 2 aromatic rings. The number of H-pyrrole nitrogens is 1. The van der Waals surface area contributed by atoms with E-state index in [9.17, 15) is 18.0 Å². The fourth-order valence-corrected chi connectivity index (χ4v) is 3.64. The van der Waals surface area contributed by atoms with Gasteiger partial charge in [0.2, 0.25) is 10.0 Å². The number of ether oxygens (including phenoxy) is 1. The van der Waals surface area contributed by atoms with Crippen molar-refractivity contribution in [3.05, 3.63) is 35.5 Å². The Balaban J connectivity index is 0.000000342. The van der Waals surface area contributed by atoms with Crippen LogP contribution in [0.15, 0.2) is 24.4 Å². The molecule has 1 aromatic carbocycles. The number of carbonyl (C=O) groups is 2. The van der Waals surface area contributed by atoms with Crippen LogP contribution in [-0.2, 0) is 36.5 Å². The highest BCUT2D eigenvalue weighted by atomic mass is 32.2. The van der Waals surface area contributed by atoms with Crippen LogP contribution < -0.4 is 4.72 Å². The molecule has 2 heterocycles. The molecule has 11 heteroatoms. The molecule has 10 nitrogen and oxygen atoms in total. The average Bonchev–Trinajstić information content (AvgIpc) is 3.44. The maximum absolute atomic E-state index is 11.6. The number of fused-ring (bicyclic) bond motifs is 1. The third kappa shape index (κ3) is 12.4. The highest BCUT2D eigenvalue weighted by Crippen LogP contribution is 2.21. The number of nitrogens with zero attached hydrogens (tertiary/aromatic N) is 1. The number of carboxylic acid groups (broad SMARTS) is 2. The van der Waals surface area contributed by atoms with E-state index in [-0.39, 0.29) is 18.6 Å². The van der Waals surface area contributed by atoms with Gasteiger partial charge in [0.25, 0.3) is 0 Å². The van der Waals surface area contributed by atoms with Gasteiger partial charge in [0.05, 0.1) is 18.6 Å². The van der Waals surface area contributed by atoms with Crippen LogP contribution in [0.2, 0.25) is 0 Å². The molecule has 1 aliphatic rings. The molecule has 0 aliphatic carbocycles. The molecular weight excluding hydrogens is 450 g/mol. The van der Waals surface area contributed by atoms with E-state index in [1.165, 1.54) is 25.5 Å². The van der Waals surface area contributed by atoms with Gasteiger partial charge in [-0.3, -0.25) is 9.59 Å². The summed E-state index contributed by atoms with van der Waals surface area (Å²) in [6, 6.07) is 5.75. The molecule has 0 saturated carbocycles. The van der Waals surface area contributed by atoms with Crippen LogP contribution in [0.4, 0.5) is 0 Å². The van der Waals surface area contributed by atoms with E-state index < -0.39 is 22.0 Å². The summed E-state index contributed by atoms with van der Waals surface area (Å²) in [6.45, 7) is 2.96. The SMILES string of the molecule is C1CCOC1.CNS(=O)(=O)Cc1ccc2[nH]cc(CCN(C)C)c2c1.O=C(O)CCC(=O)O. The summed E-state index contributed by atoms with van der Waals surface area (Å²) in [5.74, 6) is -2.14. The lowest BCUT2D eigenvalue weighted by Gasteiger charge is -2.08. The number of nitrogens with one attached hydrogen (secondary N) is 2. The molecule has 0 unspecified atom stereocenters. The molecule has 0 radical (unpaired) electrons. The van der Waals surface area contributed by atoms with Crippen LogP contribution in [0.5, 0.6) is 0 Å². The molecule has 0 bridgehead atoms. The fraction of sp³-hybridized carbons (Fsp3) is 0.545. The van der Waals surface area contributed by atoms with E-state index in [0.717, 1.165) is 42.6 Å². The molecule has 1 aromatic heterocycles. The first-order valence-corrected chi connectivity index (χ1v) is 12.4. The number of carboxylic acids is 2. The minimum atomic E-state index is -3.23. The Morgan fingerprint density at radius 2 is 1.73 bits per heavy atom. The van der Waals surface area contributed by atoms with Crippen molar-refractivity contribution in [1.82, 2.24) is 14.6 Å². The molecule has 33 heavy (non-hydrogen) atoms. The lowest BCUT2D eigenvalue weighted by Crippen LogP contribution is -2.20. The van der Waals surface area contributed by atoms with E-state index >= 15 is 0 Å². The first-order valence-electron chi connectivity index (χ1n) is 10.7. The van der Waals surface area contributed by atoms with E-state index in [1.54, 1.807) is 0 Å². The van der Waals surface area contributed by atoms with Crippen LogP contribution in [0, 0.1) is 0 Å². The van der Waals surface area contributed by atoms with E-state index in [1.807, 2.05) is 38.5 Å². The topological polar surface area (TPSA) is 149 Å². The number of aliphatic carboxylic acids is 2. The first-order chi connectivity index (χ1) is 15.5. The summed E-state index contributed by atoms with van der Waals surface area (Å²) in [5.41, 5.74) is 3.07. The summed E-state index contributed by atoms with van der Waals surface area (Å²) in [5, 5.41) is 16.9. The molecule has 0 spiro atoms. The standard InChI is InChI=1S/C14H21N3O2S.C4H6O4.C4H8O/c1-15-20(18,19)10-11-4-5-14-13(8-11)12(9-16-14)6-7-17(2)3;5-3(6)1-2-4(7)8;1-2-4-5-3-1/h4-5,8-9,15-16H,6-7,10H2,1-3H3;1-2H2,(H,5,6)(H,7,8);1-4H2. The van der Waals surface area contributed by atoms with E-state index in [0.29, 0.717) is 0 Å². The van der Waals surface area contributed by atoms with Crippen molar-refractivity contribution in [2.45, 2.75) is 37.9 Å². The van der Waals surface area contributed by atoms with Crippen molar-refractivity contribution < 1.29 is 33.0 Å². The molecule has 1 fully saturated rings. The summed E-state index contributed by atoms with van der Waals surface area (Å²) in [4.78, 5) is 24.6. The number of benzene rings is 1. The Hall–Kier alpha value is -2.47. The van der Waals surface area contributed by atoms with Gasteiger partial charge in [-0.2, -0.15) is 0 Å². The number of aromatic nitrogens is 1. The van der Waals surface area contributed by atoms with Crippen molar-refractivity contribution >= 4 is 32.9 Å². The fourth-order valence-electron chi connectivity index (χ4n) is 2.88. The number of aromatic amines is 1. The third-order valence-corrected chi connectivity index (χ3v) is 6.04. The van der Waals surface area contributed by atoms with Gasteiger partial charge in [0.15, 0.2) is 0 Å². The maximum atomic E-state index is 11.6. The highest BCUT2D eigenvalue weighted by molar-refractivity contribution is 7.88. The van der Waals surface area contributed by atoms with Gasteiger partial charge in [-0.15, -0.1) is 0 Å². The van der Waals surface area contributed by atoms with Crippen molar-refractivity contribution in [2.24, 2.45) is 0 Å². The van der Waals surface area contributed by atoms with Gasteiger partial charge in [0.1, 0.15) is 0 Å². The maximum Gasteiger partial charge on any atom is 0.303 e. The van der Waals surface area contributed by atoms with Crippen LogP contribution in [-0.4, -0.2) is 81.4 Å². The smallest absolute Gasteiger partial charge is 0.303 e. The van der Waals surface area contributed by atoms with Crippen LogP contribution in [0.3, 0.4) is 0 Å². The average molecular weight is 486 g/mol. The second kappa shape index (κ2) is 14.6. The Kier molecular flexibility index (Phi) is 12.7. The van der Waals surface area contributed by atoms with Crippen molar-refractivity contribution in [3.8, 4) is 0 Å². The minimum absolute atomic E-state index is 0.0116. The van der Waals surface area contributed by atoms with Gasteiger partial charge < -0.3 is 24.8 Å². The number of hydrogen-bond donors (Lipinski definition) is 4. The minimum Gasteiger partial charge on any atom is -0.481 e. The molecular formula is C22H35N3O7S. The molecule has 4 N–H and O–H groups in total. The van der Waals surface area contributed by atoms with Crippen LogP contribution in [0.1, 0.15) is 36.8 Å². The number of sulfonamides is 1. The summed E-state index contributed by atoms with van der Waals surface area (Å²) < 4.78 is 30.5. The summed E-state index contributed by atoms with van der Waals surface area (Å²) in [6.07, 6.45) is 4.91. The third-order valence-electron chi connectivity index (χ3n) is 4.71. The van der Waals surface area contributed by atoms with Gasteiger partial charge >= 0.3 is 11.9 Å². The monoisotopic (exact) mass is 485 g/mol. The van der Waals surface area contributed by atoms with Crippen LogP contribution in [0.25, 0.3) is 10.9 Å². The first kappa shape index (κ1) is 28.6. The van der Waals surface area contributed by atoms with Crippen molar-refractivity contribution in [2.75, 3.05) is 40.9 Å². The molecule has 1 saturated heterocycles. The molecule has 3 rings (SSSR count). The zero-order valence-corrected chi connectivity index (χ0v) is 20.3. The second-order valence-corrected chi connectivity index (χ2v) is 9.74. The van der Waals surface area contributed by atoms with Gasteiger partial charge in [0, 0.05) is 36.9 Å². The number of hydrogen-bond acceptors (Lipinski definition) is 6. The molecule has 186 valence electrons. The Bertz CT molecular complexity index is 961. The van der Waals surface area contributed by atoms with Crippen LogP contribution >= 0.6 is 0 Å². The van der Waals surface area contributed by atoms with Gasteiger partial charge in [-0.25, -0.2) is 13.1 Å². The largest absolute Gasteiger partial charge is 0.481 e. The van der Waals surface area contributed by atoms with E-state index in [2.05, 4.69) is 14.6 Å². The van der Waals surface area contributed by atoms with Crippen molar-refractivity contribution in [1.29, 1.82) is 0 Å². The number of rotatable bonds is 9. The zero-order valence-electron chi connectivity index (χ0n) is 19.5. The summed E-state index contributed by atoms with van der Waals surface area (Å²) >= 11 is 0. The lowest BCUT2D eigenvalue weighted by atomic mass is 10.1. The van der Waals surface area contributed by atoms with Crippen molar-refractivity contribution in [3.63, 3.8) is 0 Å². The quantitative estimate of drug-likeness (QED) is 0.422. The number of likely N-dealkylation sites (N-methyl/N-ethyl adjacent to an activating group) is 1. The second-order valence-electron chi connectivity index (χ2n) is 7.82. The molecule has 0 amide bonds. The highest BCUT2D eigenvalue weighted by Gasteiger charge is 2.11. The van der Waals surface area contributed by atoms with E-state index in [4.69, 9.17) is 14.9 Å². The van der Waals surface area contributed by atoms with Gasteiger partial charge in [-0.05, 0) is 63.7 Å². The Morgan fingerprint density at radius 1 is 1.12 bits per heavy atom. The lowest BCUT2D eigenvalue weighted by molar-refractivity contribution is -0.143. The summed E-state index contributed by atoms with van der Waals surface area (Å²) in [7, 11) is 2.29. The Morgan fingerprint density at radius 3 is 2.18 bits per heavy atom. The predicted molar refractivity (Wildman–Crippen MR) is 127 cm³/mol. The normalized spacial score (nSPS) is 13.2. The zero-order chi connectivity index (χ0) is 24.9. The predicted octanol–water partition coefficient (Wildman–Crippen LogP) is 2.05.